The molecule has 1 fully saturated rings. The van der Waals surface area contributed by atoms with Crippen molar-refractivity contribution in [1.29, 1.82) is 0 Å². The van der Waals surface area contributed by atoms with E-state index in [9.17, 15) is 19.7 Å². The summed E-state index contributed by atoms with van der Waals surface area (Å²) in [6.45, 7) is 0.00623. The molecule has 1 heterocycles. The predicted molar refractivity (Wildman–Crippen MR) is 85.2 cm³/mol. The lowest BCUT2D eigenvalue weighted by Gasteiger charge is -2.12. The summed E-state index contributed by atoms with van der Waals surface area (Å²) in [5.74, 6) is -1.40. The van der Waals surface area contributed by atoms with Crippen LogP contribution in [0.2, 0.25) is 0 Å². The molecule has 1 aliphatic heterocycles. The van der Waals surface area contributed by atoms with E-state index < -0.39 is 10.9 Å². The summed E-state index contributed by atoms with van der Waals surface area (Å²) in [7, 11) is 0. The number of benzene rings is 1. The lowest BCUT2D eigenvalue weighted by molar-refractivity contribution is -0.384. The number of thiocarbonyl (C=S) groups is 1. The third-order valence-corrected chi connectivity index (χ3v) is 4.18. The van der Waals surface area contributed by atoms with Crippen molar-refractivity contribution in [2.45, 2.75) is 6.42 Å². The average molecular weight is 338 g/mol. The Morgan fingerprint density at radius 1 is 1.50 bits per heavy atom. The zero-order chi connectivity index (χ0) is 16.3. The van der Waals surface area contributed by atoms with Gasteiger partial charge in [0.05, 0.1) is 16.2 Å². The van der Waals surface area contributed by atoms with E-state index in [2.05, 4.69) is 0 Å². The number of carbonyl (C=O) groups excluding carboxylic acids is 1. The van der Waals surface area contributed by atoms with Gasteiger partial charge in [0.15, 0.2) is 0 Å². The standard InChI is InChI=1S/C13H10N2O5S2/c16-11(17)4-5-14-12(18)10(22-13(14)21)7-8-2-1-3-9(6-8)15(19)20/h1-3,6-7H,4-5H2,(H,16,17)/b10-7-. The minimum Gasteiger partial charge on any atom is -0.481 e. The number of carboxylic acids is 1. The Kier molecular flexibility index (Phi) is 4.88. The first-order valence-electron chi connectivity index (χ1n) is 6.10. The van der Waals surface area contributed by atoms with Gasteiger partial charge >= 0.3 is 5.97 Å². The fourth-order valence-electron chi connectivity index (χ4n) is 1.78. The third-order valence-electron chi connectivity index (χ3n) is 2.80. The molecule has 1 saturated heterocycles. The zero-order valence-electron chi connectivity index (χ0n) is 11.1. The van der Waals surface area contributed by atoms with E-state index in [4.69, 9.17) is 17.3 Å². The van der Waals surface area contributed by atoms with Crippen LogP contribution in [0.25, 0.3) is 6.08 Å². The first kappa shape index (κ1) is 16.1. The maximum Gasteiger partial charge on any atom is 0.305 e. The van der Waals surface area contributed by atoms with Gasteiger partial charge in [-0.15, -0.1) is 0 Å². The highest BCUT2D eigenvalue weighted by Gasteiger charge is 2.32. The van der Waals surface area contributed by atoms with Crippen molar-refractivity contribution in [1.82, 2.24) is 4.90 Å². The van der Waals surface area contributed by atoms with E-state index >= 15 is 0 Å². The van der Waals surface area contributed by atoms with E-state index in [1.54, 1.807) is 6.07 Å². The minimum atomic E-state index is -1.02. The fourth-order valence-corrected chi connectivity index (χ4v) is 3.09. The highest BCUT2D eigenvalue weighted by molar-refractivity contribution is 8.26. The van der Waals surface area contributed by atoms with Crippen molar-refractivity contribution in [3.63, 3.8) is 0 Å². The molecule has 0 radical (unpaired) electrons. The molecule has 0 spiro atoms. The van der Waals surface area contributed by atoms with Crippen molar-refractivity contribution in [2.75, 3.05) is 6.54 Å². The van der Waals surface area contributed by atoms with E-state index in [1.165, 1.54) is 29.2 Å². The van der Waals surface area contributed by atoms with Gasteiger partial charge in [0, 0.05) is 18.7 Å². The number of non-ortho nitro benzene ring substituents is 1. The molecular weight excluding hydrogens is 328 g/mol. The Balaban J connectivity index is 2.21. The first-order valence-corrected chi connectivity index (χ1v) is 7.32. The smallest absolute Gasteiger partial charge is 0.305 e. The lowest BCUT2D eigenvalue weighted by Crippen LogP contribution is -2.30. The van der Waals surface area contributed by atoms with Gasteiger partial charge in [-0.05, 0) is 11.6 Å². The van der Waals surface area contributed by atoms with Crippen LogP contribution in [0, 0.1) is 10.1 Å². The van der Waals surface area contributed by atoms with Gasteiger partial charge in [0.1, 0.15) is 4.32 Å². The summed E-state index contributed by atoms with van der Waals surface area (Å²) in [4.78, 5) is 34.5. The van der Waals surface area contributed by atoms with Crippen molar-refractivity contribution >= 4 is 51.9 Å². The summed E-state index contributed by atoms with van der Waals surface area (Å²) in [5.41, 5.74) is 0.433. The Morgan fingerprint density at radius 2 is 2.23 bits per heavy atom. The number of nitrogens with zero attached hydrogens (tertiary/aromatic N) is 2. The van der Waals surface area contributed by atoms with E-state index in [1.807, 2.05) is 0 Å². The molecular formula is C13H10N2O5S2. The van der Waals surface area contributed by atoms with Crippen LogP contribution in [-0.2, 0) is 9.59 Å². The summed E-state index contributed by atoms with van der Waals surface area (Å²) >= 11 is 6.10. The molecule has 0 aromatic heterocycles. The van der Waals surface area contributed by atoms with E-state index in [-0.39, 0.29) is 28.9 Å². The molecule has 1 N–H and O–H groups in total. The quantitative estimate of drug-likeness (QED) is 0.380. The van der Waals surface area contributed by atoms with Crippen LogP contribution in [0.4, 0.5) is 5.69 Å². The highest BCUT2D eigenvalue weighted by atomic mass is 32.2. The number of nitro benzene ring substituents is 1. The van der Waals surface area contributed by atoms with Crippen LogP contribution in [0.1, 0.15) is 12.0 Å². The molecule has 22 heavy (non-hydrogen) atoms. The van der Waals surface area contributed by atoms with Crippen LogP contribution in [-0.4, -0.2) is 37.7 Å². The van der Waals surface area contributed by atoms with Gasteiger partial charge in [-0.2, -0.15) is 0 Å². The number of hydrogen-bond acceptors (Lipinski definition) is 6. The number of carbonyl (C=O) groups is 2. The van der Waals surface area contributed by atoms with Crippen molar-refractivity contribution < 1.29 is 19.6 Å². The largest absolute Gasteiger partial charge is 0.481 e. The second-order valence-corrected chi connectivity index (χ2v) is 6.00. The van der Waals surface area contributed by atoms with Crippen molar-refractivity contribution in [3.8, 4) is 0 Å². The molecule has 0 bridgehead atoms. The second kappa shape index (κ2) is 6.67. The predicted octanol–water partition coefficient (Wildman–Crippen LogP) is 2.27. The molecule has 2 rings (SSSR count). The average Bonchev–Trinajstić information content (AvgIpc) is 2.71. The monoisotopic (exact) mass is 338 g/mol. The summed E-state index contributed by atoms with van der Waals surface area (Å²) in [6.07, 6.45) is 1.31. The Hall–Kier alpha value is -2.26. The van der Waals surface area contributed by atoms with Gasteiger partial charge in [-0.3, -0.25) is 24.6 Å². The lowest BCUT2D eigenvalue weighted by atomic mass is 10.2. The van der Waals surface area contributed by atoms with Crippen LogP contribution in [0.3, 0.4) is 0 Å². The van der Waals surface area contributed by atoms with Crippen molar-refractivity contribution in [2.24, 2.45) is 0 Å². The van der Waals surface area contributed by atoms with Gasteiger partial charge in [0.25, 0.3) is 11.6 Å². The highest BCUT2D eigenvalue weighted by Crippen LogP contribution is 2.32. The van der Waals surface area contributed by atoms with Crippen molar-refractivity contribution in [3.05, 3.63) is 44.8 Å². The summed E-state index contributed by atoms with van der Waals surface area (Å²) in [6, 6.07) is 5.87. The fraction of sp³-hybridized carbons (Fsp3) is 0.154. The molecule has 7 nitrogen and oxygen atoms in total. The van der Waals surface area contributed by atoms with E-state index in [0.29, 0.717) is 10.5 Å². The molecule has 0 unspecified atom stereocenters. The topological polar surface area (TPSA) is 101 Å². The zero-order valence-corrected chi connectivity index (χ0v) is 12.7. The van der Waals surface area contributed by atoms with Gasteiger partial charge in [-0.1, -0.05) is 36.1 Å². The second-order valence-electron chi connectivity index (χ2n) is 4.33. The Morgan fingerprint density at radius 3 is 2.86 bits per heavy atom. The molecule has 0 saturated carbocycles. The number of amides is 1. The van der Waals surface area contributed by atoms with Gasteiger partial charge in [0.2, 0.25) is 0 Å². The van der Waals surface area contributed by atoms with Crippen LogP contribution in [0.5, 0.6) is 0 Å². The number of hydrogen-bond donors (Lipinski definition) is 1. The van der Waals surface area contributed by atoms with Crippen LogP contribution in [0.15, 0.2) is 29.2 Å². The Bertz CT molecular complexity index is 701. The first-order chi connectivity index (χ1) is 10.4. The molecule has 1 aromatic rings. The SMILES string of the molecule is O=C(O)CCN1C(=O)/C(=C/c2cccc([N+](=O)[O-])c2)SC1=S. The van der Waals surface area contributed by atoms with Gasteiger partial charge in [-0.25, -0.2) is 0 Å². The molecule has 0 aliphatic carbocycles. The molecule has 0 atom stereocenters. The minimum absolute atomic E-state index is 0.00623. The molecule has 114 valence electrons. The molecule has 9 heteroatoms. The number of nitro groups is 1. The number of rotatable bonds is 5. The maximum absolute atomic E-state index is 12.2. The third kappa shape index (κ3) is 3.68. The van der Waals surface area contributed by atoms with Gasteiger partial charge < -0.3 is 5.11 Å². The maximum atomic E-state index is 12.2. The number of thioether (sulfide) groups is 1. The normalized spacial score (nSPS) is 16.4. The number of aliphatic carboxylic acids is 1. The summed E-state index contributed by atoms with van der Waals surface area (Å²) < 4.78 is 0.280. The molecule has 1 amide bonds. The van der Waals surface area contributed by atoms with E-state index in [0.717, 1.165) is 11.8 Å². The molecule has 1 aromatic carbocycles. The van der Waals surface area contributed by atoms with Crippen LogP contribution < -0.4 is 0 Å². The number of carboxylic acid groups (broad SMARTS) is 1. The molecule has 1 aliphatic rings. The summed E-state index contributed by atoms with van der Waals surface area (Å²) in [5, 5.41) is 19.4. The van der Waals surface area contributed by atoms with Crippen LogP contribution >= 0.6 is 24.0 Å². The Labute approximate surface area is 134 Å².